The summed E-state index contributed by atoms with van der Waals surface area (Å²) in [5.74, 6) is 0. The second-order valence-electron chi connectivity index (χ2n) is 1.87. The Balaban J connectivity index is -0.0000000480. The fourth-order valence-electron chi connectivity index (χ4n) is 0.354. The van der Waals surface area contributed by atoms with Crippen LogP contribution < -0.4 is 28.8 Å². The molecule has 0 radical (unpaired) electrons. The molecule has 13 heteroatoms. The summed E-state index contributed by atoms with van der Waals surface area (Å²) < 4.78 is 7.40. The van der Waals surface area contributed by atoms with Gasteiger partial charge in [-0.2, -0.15) is 0 Å². The summed E-state index contributed by atoms with van der Waals surface area (Å²) in [5.41, 5.74) is 0. The second-order valence-corrected chi connectivity index (χ2v) is 4.44. The van der Waals surface area contributed by atoms with Gasteiger partial charge in [0.2, 0.25) is 0 Å². The van der Waals surface area contributed by atoms with Gasteiger partial charge in [0.25, 0.3) is 0 Å². The smallest absolute Gasteiger partial charge is 0.861 e. The van der Waals surface area contributed by atoms with E-state index in [0.717, 1.165) is 0 Å². The average molecular weight is 438 g/mol. The molecule has 8 nitrogen and oxygen atoms in total. The monoisotopic (exact) mass is 434 g/mol. The molecule has 88 valence electrons. The van der Waals surface area contributed by atoms with Crippen LogP contribution in [0.1, 0.15) is 13.8 Å². The molecule has 0 rings (SSSR count). The van der Waals surface area contributed by atoms with Crippen LogP contribution in [0.25, 0.3) is 0 Å². The Hall–Kier alpha value is 1.98. The van der Waals surface area contributed by atoms with Gasteiger partial charge >= 0.3 is 58.4 Å². The van der Waals surface area contributed by atoms with Crippen molar-refractivity contribution in [3.63, 3.8) is 0 Å². The van der Waals surface area contributed by atoms with Crippen molar-refractivity contribution < 1.29 is 96.1 Å². The zero-order valence-corrected chi connectivity index (χ0v) is 20.7. The van der Waals surface area contributed by atoms with E-state index >= 15 is 0 Å². The van der Waals surface area contributed by atoms with Crippen LogP contribution in [0.4, 0.5) is 0 Å². The first kappa shape index (κ1) is 31.4. The fraction of sp³-hybridized carbons (Fsp3) is 1.00. The van der Waals surface area contributed by atoms with E-state index in [2.05, 4.69) is 8.85 Å². The molecule has 0 aliphatic heterocycles. The SMILES string of the molecule is CCO[Si]([O-])([O-])[O-].CCO[Si]([O-])([O-])[O-].[Zn+2].[Zn+2].[Zn+2]. The number of hydrogen-bond donors (Lipinski definition) is 0. The maximum atomic E-state index is 9.51. The van der Waals surface area contributed by atoms with Crippen LogP contribution in [0.5, 0.6) is 0 Å². The Bertz CT molecular complexity index is 124. The van der Waals surface area contributed by atoms with Gasteiger partial charge in [-0.3, -0.25) is 0 Å². The van der Waals surface area contributed by atoms with Crippen LogP contribution in [0.15, 0.2) is 0 Å². The van der Waals surface area contributed by atoms with Crippen molar-refractivity contribution in [2.45, 2.75) is 13.8 Å². The number of hydrogen-bond acceptors (Lipinski definition) is 8. The Labute approximate surface area is 140 Å². The minimum Gasteiger partial charge on any atom is -0.861 e. The van der Waals surface area contributed by atoms with Crippen molar-refractivity contribution in [1.29, 1.82) is 0 Å². The van der Waals surface area contributed by atoms with Crippen LogP contribution in [0.2, 0.25) is 0 Å². The van der Waals surface area contributed by atoms with Gasteiger partial charge in [0.15, 0.2) is 0 Å². The first-order chi connectivity index (χ1) is 6.12. The zero-order valence-electron chi connectivity index (χ0n) is 9.80. The van der Waals surface area contributed by atoms with Crippen molar-refractivity contribution in [3.05, 3.63) is 0 Å². The topological polar surface area (TPSA) is 157 Å². The Morgan fingerprint density at radius 1 is 0.647 bits per heavy atom. The molecule has 0 unspecified atom stereocenters. The van der Waals surface area contributed by atoms with E-state index in [-0.39, 0.29) is 71.6 Å². The van der Waals surface area contributed by atoms with Gasteiger partial charge in [0, 0.05) is 13.2 Å². The Kier molecular flexibility index (Phi) is 29.6. The average Bonchev–Trinajstić information content (AvgIpc) is 1.81. The molecule has 0 aromatic carbocycles. The van der Waals surface area contributed by atoms with Crippen LogP contribution in [0, 0.1) is 0 Å². The first-order valence-electron chi connectivity index (χ1n) is 3.62. The minimum absolute atomic E-state index is 0. The summed E-state index contributed by atoms with van der Waals surface area (Å²) in [7, 11) is -9.81. The molecule has 0 aliphatic carbocycles. The van der Waals surface area contributed by atoms with E-state index in [1.165, 1.54) is 13.8 Å². The summed E-state index contributed by atoms with van der Waals surface area (Å²) >= 11 is 0. The fourth-order valence-corrected chi connectivity index (χ4v) is 1.06. The van der Waals surface area contributed by atoms with Crippen LogP contribution in [0.3, 0.4) is 0 Å². The van der Waals surface area contributed by atoms with Gasteiger partial charge in [-0.15, -0.1) is 18.1 Å². The maximum Gasteiger partial charge on any atom is 2.00 e. The minimum atomic E-state index is -4.91. The van der Waals surface area contributed by atoms with Gasteiger partial charge in [0.05, 0.1) is 0 Å². The van der Waals surface area contributed by atoms with Gasteiger partial charge in [-0.1, -0.05) is 0 Å². The van der Waals surface area contributed by atoms with E-state index in [0.29, 0.717) is 0 Å². The second kappa shape index (κ2) is 16.0. The molecule has 0 amide bonds. The summed E-state index contributed by atoms with van der Waals surface area (Å²) in [6.07, 6.45) is 0. The van der Waals surface area contributed by atoms with Crippen LogP contribution in [-0.4, -0.2) is 31.3 Å². The zero-order chi connectivity index (χ0) is 11.8. The van der Waals surface area contributed by atoms with Gasteiger partial charge in [0.1, 0.15) is 0 Å². The summed E-state index contributed by atoms with van der Waals surface area (Å²) in [6.45, 7) is 2.75. The molecule has 0 heterocycles. The third-order valence-electron chi connectivity index (χ3n) is 0.642. The molecule has 0 saturated carbocycles. The Morgan fingerprint density at radius 3 is 0.824 bits per heavy atom. The summed E-state index contributed by atoms with van der Waals surface area (Å²) in [4.78, 5) is 57.1. The van der Waals surface area contributed by atoms with E-state index in [1.54, 1.807) is 0 Å². The van der Waals surface area contributed by atoms with Crippen LogP contribution >= 0.6 is 0 Å². The van der Waals surface area contributed by atoms with Crippen molar-refractivity contribution in [2.75, 3.05) is 13.2 Å². The predicted octanol–water partition coefficient (Wildman–Crippen LogP) is -6.93. The van der Waals surface area contributed by atoms with E-state index in [1.807, 2.05) is 0 Å². The third kappa shape index (κ3) is 46.1. The molecule has 0 fully saturated rings. The molecule has 0 spiro atoms. The molecule has 17 heavy (non-hydrogen) atoms. The van der Waals surface area contributed by atoms with Gasteiger partial charge in [-0.25, -0.2) is 0 Å². The molecule has 0 bridgehead atoms. The molecular weight excluding hydrogens is 428 g/mol. The van der Waals surface area contributed by atoms with Crippen molar-refractivity contribution in [1.82, 2.24) is 0 Å². The van der Waals surface area contributed by atoms with Gasteiger partial charge < -0.3 is 37.6 Å². The predicted molar refractivity (Wildman–Crippen MR) is 34.8 cm³/mol. The molecule has 0 aliphatic rings. The summed E-state index contributed by atoms with van der Waals surface area (Å²) in [6, 6.07) is 0. The van der Waals surface area contributed by atoms with E-state index in [4.69, 9.17) is 0 Å². The Morgan fingerprint density at radius 2 is 0.824 bits per heavy atom. The molecule has 0 saturated heterocycles. The molecule has 0 atom stereocenters. The maximum absolute atomic E-state index is 9.51. The van der Waals surface area contributed by atoms with Crippen molar-refractivity contribution in [2.24, 2.45) is 0 Å². The quantitative estimate of drug-likeness (QED) is 0.392. The molecule has 0 aromatic heterocycles. The van der Waals surface area contributed by atoms with E-state index in [9.17, 15) is 28.8 Å². The standard InChI is InChI=1S/2C2H5O4Si.3Zn/c2*1-2-6-7(3,4)5;;;/h2*2H2,1H3;;;/q2*-3;3*+2. The molecular formula is C4H10O8Si2Zn3. The van der Waals surface area contributed by atoms with Crippen molar-refractivity contribution in [3.8, 4) is 0 Å². The third-order valence-corrected chi connectivity index (χ3v) is 1.93. The first-order valence-corrected chi connectivity index (χ1v) is 6.89. The summed E-state index contributed by atoms with van der Waals surface area (Å²) in [5, 5.41) is 0. The normalized spacial score (nSPS) is 9.88. The van der Waals surface area contributed by atoms with E-state index < -0.39 is 18.1 Å². The number of rotatable bonds is 4. The van der Waals surface area contributed by atoms with Crippen LogP contribution in [-0.2, 0) is 67.3 Å². The van der Waals surface area contributed by atoms with Crippen molar-refractivity contribution >= 4 is 18.1 Å². The largest absolute Gasteiger partial charge is 2.00 e. The molecule has 0 aromatic rings. The van der Waals surface area contributed by atoms with Gasteiger partial charge in [-0.05, 0) is 13.8 Å². The molecule has 0 N–H and O–H groups in total.